The molecular weight excluding hydrogens is 353 g/mol. The number of rotatable bonds is 2. The van der Waals surface area contributed by atoms with Crippen LogP contribution in [-0.4, -0.2) is 41.6 Å². The summed E-state index contributed by atoms with van der Waals surface area (Å²) in [6.45, 7) is 5.19. The van der Waals surface area contributed by atoms with Crippen molar-refractivity contribution in [2.75, 3.05) is 19.7 Å². The van der Waals surface area contributed by atoms with Crippen LogP contribution in [0.4, 0.5) is 13.2 Å². The van der Waals surface area contributed by atoms with E-state index < -0.39 is 11.7 Å². The Kier molecular flexibility index (Phi) is 4.83. The highest BCUT2D eigenvalue weighted by atomic mass is 32.1. The molecule has 2 aromatic rings. The van der Waals surface area contributed by atoms with Crippen LogP contribution in [0.2, 0.25) is 0 Å². The van der Waals surface area contributed by atoms with E-state index in [0.29, 0.717) is 40.8 Å². The summed E-state index contributed by atoms with van der Waals surface area (Å²) in [4.78, 5) is 19.3. The zero-order valence-electron chi connectivity index (χ0n) is 13.8. The Bertz CT molecular complexity index is 771. The molecule has 1 atom stereocenters. The van der Waals surface area contributed by atoms with E-state index in [0.717, 1.165) is 12.1 Å². The molecule has 1 unspecified atom stereocenters. The molecule has 2 heterocycles. The summed E-state index contributed by atoms with van der Waals surface area (Å²) in [5, 5.41) is 0.538. The van der Waals surface area contributed by atoms with Gasteiger partial charge in [-0.1, -0.05) is 12.1 Å². The minimum absolute atomic E-state index is 0.0136. The summed E-state index contributed by atoms with van der Waals surface area (Å²) in [6.07, 6.45) is -4.38. The maximum atomic E-state index is 12.7. The van der Waals surface area contributed by atoms with E-state index in [1.54, 1.807) is 11.8 Å². The van der Waals surface area contributed by atoms with Gasteiger partial charge in [0.2, 0.25) is 0 Å². The zero-order valence-corrected chi connectivity index (χ0v) is 14.6. The van der Waals surface area contributed by atoms with Gasteiger partial charge in [0.15, 0.2) is 0 Å². The first-order valence-electron chi connectivity index (χ1n) is 7.81. The predicted molar refractivity (Wildman–Crippen MR) is 88.6 cm³/mol. The van der Waals surface area contributed by atoms with Gasteiger partial charge < -0.3 is 9.64 Å². The summed E-state index contributed by atoms with van der Waals surface area (Å²) in [5.41, 5.74) is 0.447. The Morgan fingerprint density at radius 2 is 2.00 bits per heavy atom. The molecule has 0 radical (unpaired) electrons. The van der Waals surface area contributed by atoms with E-state index in [9.17, 15) is 18.0 Å². The van der Waals surface area contributed by atoms with E-state index in [1.165, 1.54) is 23.5 Å². The lowest BCUT2D eigenvalue weighted by molar-refractivity contribution is -0.137. The van der Waals surface area contributed by atoms with Gasteiger partial charge in [0.05, 0.1) is 24.0 Å². The molecule has 3 rings (SSSR count). The Labute approximate surface area is 147 Å². The molecule has 1 saturated heterocycles. The van der Waals surface area contributed by atoms with Crippen molar-refractivity contribution >= 4 is 17.2 Å². The lowest BCUT2D eigenvalue weighted by atomic mass is 10.1. The molecule has 4 nitrogen and oxygen atoms in total. The third-order valence-corrected chi connectivity index (χ3v) is 5.17. The Morgan fingerprint density at radius 1 is 1.32 bits per heavy atom. The second-order valence-corrected chi connectivity index (χ2v) is 6.94. The quantitative estimate of drug-likeness (QED) is 0.803. The van der Waals surface area contributed by atoms with Crippen LogP contribution in [0.5, 0.6) is 0 Å². The largest absolute Gasteiger partial charge is 0.416 e. The minimum Gasteiger partial charge on any atom is -0.375 e. The molecule has 0 bridgehead atoms. The Morgan fingerprint density at radius 3 is 2.60 bits per heavy atom. The number of aryl methyl sites for hydroxylation is 1. The monoisotopic (exact) mass is 370 g/mol. The van der Waals surface area contributed by atoms with Crippen molar-refractivity contribution in [3.8, 4) is 10.6 Å². The zero-order chi connectivity index (χ0) is 18.2. The van der Waals surface area contributed by atoms with Crippen LogP contribution in [0.3, 0.4) is 0 Å². The number of aromatic nitrogens is 1. The molecule has 1 aliphatic rings. The third kappa shape index (κ3) is 3.85. The van der Waals surface area contributed by atoms with E-state index >= 15 is 0 Å². The molecule has 8 heteroatoms. The van der Waals surface area contributed by atoms with Crippen LogP contribution in [-0.2, 0) is 10.9 Å². The van der Waals surface area contributed by atoms with Gasteiger partial charge in [0.1, 0.15) is 9.88 Å². The van der Waals surface area contributed by atoms with Crippen LogP contribution in [0.25, 0.3) is 10.6 Å². The van der Waals surface area contributed by atoms with Crippen molar-refractivity contribution in [3.05, 3.63) is 40.4 Å². The number of amides is 1. The van der Waals surface area contributed by atoms with E-state index in [2.05, 4.69) is 4.98 Å². The Hall–Kier alpha value is -1.93. The molecule has 1 aromatic heterocycles. The fourth-order valence-electron chi connectivity index (χ4n) is 2.67. The molecule has 0 saturated carbocycles. The van der Waals surface area contributed by atoms with E-state index in [-0.39, 0.29) is 12.0 Å². The second-order valence-electron chi connectivity index (χ2n) is 5.94. The van der Waals surface area contributed by atoms with Gasteiger partial charge in [-0.2, -0.15) is 13.2 Å². The first-order valence-corrected chi connectivity index (χ1v) is 8.63. The first kappa shape index (κ1) is 17.9. The normalized spacial score (nSPS) is 18.4. The molecule has 0 spiro atoms. The second kappa shape index (κ2) is 6.76. The highest BCUT2D eigenvalue weighted by molar-refractivity contribution is 7.17. The predicted octanol–water partition coefficient (Wildman–Crippen LogP) is 4.00. The molecule has 25 heavy (non-hydrogen) atoms. The van der Waals surface area contributed by atoms with Gasteiger partial charge in [-0.05, 0) is 26.0 Å². The van der Waals surface area contributed by atoms with Gasteiger partial charge in [-0.3, -0.25) is 4.79 Å². The standard InChI is InChI=1S/C17H17F3N2O2S/c1-10-9-22(7-8-24-10)16(23)14-11(2)21-15(25-14)12-3-5-13(6-4-12)17(18,19)20/h3-6,10H,7-9H2,1-2H3. The van der Waals surface area contributed by atoms with Crippen molar-refractivity contribution in [1.82, 2.24) is 9.88 Å². The number of halogens is 3. The molecule has 1 aliphatic heterocycles. The fraction of sp³-hybridized carbons (Fsp3) is 0.412. The fourth-order valence-corrected chi connectivity index (χ4v) is 3.71. The SMILES string of the molecule is Cc1nc(-c2ccc(C(F)(F)F)cc2)sc1C(=O)N1CCOC(C)C1. The van der Waals surface area contributed by atoms with Gasteiger partial charge in [0, 0.05) is 18.7 Å². The molecule has 1 fully saturated rings. The van der Waals surface area contributed by atoms with Gasteiger partial charge in [0.25, 0.3) is 5.91 Å². The number of ether oxygens (including phenoxy) is 1. The first-order chi connectivity index (χ1) is 11.8. The number of morpholine rings is 1. The van der Waals surface area contributed by atoms with Crippen LogP contribution in [0.15, 0.2) is 24.3 Å². The van der Waals surface area contributed by atoms with Gasteiger partial charge >= 0.3 is 6.18 Å². The maximum Gasteiger partial charge on any atom is 0.416 e. The summed E-state index contributed by atoms with van der Waals surface area (Å²) >= 11 is 1.20. The molecule has 1 aromatic carbocycles. The topological polar surface area (TPSA) is 42.4 Å². The summed E-state index contributed by atoms with van der Waals surface area (Å²) < 4.78 is 43.4. The number of nitrogens with zero attached hydrogens (tertiary/aromatic N) is 2. The maximum absolute atomic E-state index is 12.7. The van der Waals surface area contributed by atoms with E-state index in [4.69, 9.17) is 4.74 Å². The van der Waals surface area contributed by atoms with Crippen molar-refractivity contribution in [2.24, 2.45) is 0 Å². The number of carbonyl (C=O) groups is 1. The number of carbonyl (C=O) groups excluding carboxylic acids is 1. The number of benzene rings is 1. The van der Waals surface area contributed by atoms with E-state index in [1.807, 2.05) is 6.92 Å². The highest BCUT2D eigenvalue weighted by Crippen LogP contribution is 2.33. The third-order valence-electron chi connectivity index (χ3n) is 3.98. The van der Waals surface area contributed by atoms with Crippen molar-refractivity contribution in [1.29, 1.82) is 0 Å². The highest BCUT2D eigenvalue weighted by Gasteiger charge is 2.30. The van der Waals surface area contributed by atoms with Crippen molar-refractivity contribution < 1.29 is 22.7 Å². The number of hydrogen-bond donors (Lipinski definition) is 0. The number of alkyl halides is 3. The average molecular weight is 370 g/mol. The van der Waals surface area contributed by atoms with Crippen LogP contribution in [0, 0.1) is 6.92 Å². The number of hydrogen-bond acceptors (Lipinski definition) is 4. The smallest absolute Gasteiger partial charge is 0.375 e. The van der Waals surface area contributed by atoms with Crippen LogP contribution in [0.1, 0.15) is 27.9 Å². The number of thiazole rings is 1. The van der Waals surface area contributed by atoms with Crippen LogP contribution >= 0.6 is 11.3 Å². The molecule has 0 N–H and O–H groups in total. The minimum atomic E-state index is -4.37. The average Bonchev–Trinajstić information content (AvgIpc) is 2.95. The van der Waals surface area contributed by atoms with Gasteiger partial charge in [-0.15, -0.1) is 11.3 Å². The summed E-state index contributed by atoms with van der Waals surface area (Å²) in [7, 11) is 0. The van der Waals surface area contributed by atoms with Crippen molar-refractivity contribution in [3.63, 3.8) is 0 Å². The molecule has 0 aliphatic carbocycles. The lowest BCUT2D eigenvalue weighted by Crippen LogP contribution is -2.44. The lowest BCUT2D eigenvalue weighted by Gasteiger charge is -2.30. The van der Waals surface area contributed by atoms with Gasteiger partial charge in [-0.25, -0.2) is 4.98 Å². The Balaban J connectivity index is 1.83. The summed E-state index contributed by atoms with van der Waals surface area (Å²) in [6, 6.07) is 4.81. The van der Waals surface area contributed by atoms with Crippen molar-refractivity contribution in [2.45, 2.75) is 26.1 Å². The summed E-state index contributed by atoms with van der Waals surface area (Å²) in [5.74, 6) is -0.108. The molecular formula is C17H17F3N2O2S. The van der Waals surface area contributed by atoms with Crippen LogP contribution < -0.4 is 0 Å². The molecule has 1 amide bonds. The molecule has 134 valence electrons.